The van der Waals surface area contributed by atoms with E-state index in [1.54, 1.807) is 0 Å². The summed E-state index contributed by atoms with van der Waals surface area (Å²) in [5.74, 6) is 0.436. The molecule has 1 nitrogen and oxygen atoms in total. The van der Waals surface area contributed by atoms with Gasteiger partial charge in [0, 0.05) is 3.57 Å². The number of hydrogen-bond donors (Lipinski definition) is 1. The van der Waals surface area contributed by atoms with Crippen molar-refractivity contribution in [3.8, 4) is 5.75 Å². The quantitative estimate of drug-likeness (QED) is 0.675. The van der Waals surface area contributed by atoms with Crippen LogP contribution in [-0.2, 0) is 0 Å². The molecule has 12 heavy (non-hydrogen) atoms. The van der Waals surface area contributed by atoms with Crippen LogP contribution in [-0.4, -0.2) is 5.11 Å². The second-order valence-electron chi connectivity index (χ2n) is 2.85. The zero-order chi connectivity index (χ0) is 9.46. The molecule has 0 amide bonds. The zero-order valence-corrected chi connectivity index (χ0v) is 11.5. The van der Waals surface area contributed by atoms with Crippen molar-refractivity contribution in [1.82, 2.24) is 0 Å². The fourth-order valence-corrected chi connectivity index (χ4v) is 2.93. The minimum absolute atomic E-state index is 0.436. The number of halogens is 2. The second-order valence-corrected chi connectivity index (χ2v) is 5.01. The first-order valence-electron chi connectivity index (χ1n) is 3.60. The highest BCUT2D eigenvalue weighted by molar-refractivity contribution is 14.1. The van der Waals surface area contributed by atoms with Crippen LogP contribution in [0.15, 0.2) is 0 Å². The first kappa shape index (κ1) is 10.6. The summed E-state index contributed by atoms with van der Waals surface area (Å²) in [6, 6.07) is 0. The van der Waals surface area contributed by atoms with Crippen LogP contribution in [0.2, 0.25) is 0 Å². The van der Waals surface area contributed by atoms with E-state index in [0.717, 1.165) is 9.13 Å². The Morgan fingerprint density at radius 1 is 0.833 bits per heavy atom. The highest BCUT2D eigenvalue weighted by Crippen LogP contribution is 2.33. The average Bonchev–Trinajstić information content (AvgIpc) is 2.08. The first-order chi connectivity index (χ1) is 5.46. The van der Waals surface area contributed by atoms with E-state index < -0.39 is 0 Å². The first-order valence-corrected chi connectivity index (χ1v) is 5.76. The van der Waals surface area contributed by atoms with Crippen molar-refractivity contribution in [2.75, 3.05) is 0 Å². The fourth-order valence-electron chi connectivity index (χ4n) is 1.06. The Morgan fingerprint density at radius 2 is 1.33 bits per heavy atom. The van der Waals surface area contributed by atoms with Gasteiger partial charge >= 0.3 is 0 Å². The topological polar surface area (TPSA) is 20.2 Å². The summed E-state index contributed by atoms with van der Waals surface area (Å²) in [7, 11) is 0. The molecule has 1 rings (SSSR count). The summed E-state index contributed by atoms with van der Waals surface area (Å²) in [6.07, 6.45) is 0. The van der Waals surface area contributed by atoms with Crippen molar-refractivity contribution in [3.63, 3.8) is 0 Å². The van der Waals surface area contributed by atoms with Crippen molar-refractivity contribution in [3.05, 3.63) is 23.8 Å². The zero-order valence-electron chi connectivity index (χ0n) is 7.20. The molecule has 1 aromatic carbocycles. The number of aromatic hydroxyl groups is 1. The smallest absolute Gasteiger partial charge is 0.132 e. The van der Waals surface area contributed by atoms with Crippen molar-refractivity contribution in [1.29, 1.82) is 0 Å². The van der Waals surface area contributed by atoms with Gasteiger partial charge < -0.3 is 5.11 Å². The van der Waals surface area contributed by atoms with Crippen LogP contribution in [0.25, 0.3) is 0 Å². The standard InChI is InChI=1S/C9H10I2O/c1-4-5(2)9(12)8(11)6(3)7(4)10/h12H,1-3H3. The monoisotopic (exact) mass is 388 g/mol. The van der Waals surface area contributed by atoms with Crippen molar-refractivity contribution in [2.45, 2.75) is 20.8 Å². The van der Waals surface area contributed by atoms with Gasteiger partial charge in [-0.25, -0.2) is 0 Å². The number of rotatable bonds is 0. The van der Waals surface area contributed by atoms with Crippen LogP contribution in [0.4, 0.5) is 0 Å². The molecule has 0 bridgehead atoms. The molecule has 0 fully saturated rings. The van der Waals surface area contributed by atoms with Gasteiger partial charge in [-0.3, -0.25) is 0 Å². The van der Waals surface area contributed by atoms with Gasteiger partial charge in [0.15, 0.2) is 0 Å². The average molecular weight is 388 g/mol. The van der Waals surface area contributed by atoms with Gasteiger partial charge in [0.05, 0.1) is 3.57 Å². The van der Waals surface area contributed by atoms with Crippen LogP contribution in [0, 0.1) is 27.9 Å². The third-order valence-corrected chi connectivity index (χ3v) is 5.05. The van der Waals surface area contributed by atoms with Gasteiger partial charge in [0.25, 0.3) is 0 Å². The molecule has 0 radical (unpaired) electrons. The molecule has 0 saturated carbocycles. The molecule has 0 aromatic heterocycles. The molecule has 0 spiro atoms. The lowest BCUT2D eigenvalue weighted by Gasteiger charge is -2.11. The molecule has 0 aliphatic heterocycles. The van der Waals surface area contributed by atoms with Gasteiger partial charge in [-0.05, 0) is 82.6 Å². The lowest BCUT2D eigenvalue weighted by atomic mass is 10.1. The molecule has 3 heteroatoms. The van der Waals surface area contributed by atoms with Gasteiger partial charge in [-0.15, -0.1) is 0 Å². The summed E-state index contributed by atoms with van der Waals surface area (Å²) in [5, 5.41) is 9.68. The largest absolute Gasteiger partial charge is 0.507 e. The number of benzene rings is 1. The maximum atomic E-state index is 9.68. The third kappa shape index (κ3) is 1.57. The Bertz CT molecular complexity index is 227. The number of phenols is 1. The minimum atomic E-state index is 0.436. The molecule has 0 saturated heterocycles. The molecular formula is C9H10I2O. The van der Waals surface area contributed by atoms with Crippen LogP contribution in [0.5, 0.6) is 5.75 Å². The van der Waals surface area contributed by atoms with Crippen LogP contribution >= 0.6 is 45.2 Å². The Morgan fingerprint density at radius 3 is 1.83 bits per heavy atom. The van der Waals surface area contributed by atoms with Crippen LogP contribution < -0.4 is 0 Å². The predicted octanol–water partition coefficient (Wildman–Crippen LogP) is 3.53. The van der Waals surface area contributed by atoms with E-state index in [2.05, 4.69) is 45.2 Å². The van der Waals surface area contributed by atoms with E-state index in [4.69, 9.17) is 0 Å². The molecule has 0 aliphatic carbocycles. The molecule has 1 aromatic rings. The van der Waals surface area contributed by atoms with Crippen molar-refractivity contribution >= 4 is 45.2 Å². The Labute approximate surface area is 99.8 Å². The second kappa shape index (κ2) is 3.69. The Hall–Kier alpha value is 0.480. The Kier molecular flexibility index (Phi) is 3.25. The van der Waals surface area contributed by atoms with Gasteiger partial charge in [0.1, 0.15) is 5.75 Å². The molecule has 0 atom stereocenters. The van der Waals surface area contributed by atoms with Gasteiger partial charge in [0.2, 0.25) is 0 Å². The predicted molar refractivity (Wildman–Crippen MR) is 67.8 cm³/mol. The summed E-state index contributed by atoms with van der Waals surface area (Å²) in [5.41, 5.74) is 3.36. The highest BCUT2D eigenvalue weighted by atomic mass is 127. The third-order valence-electron chi connectivity index (χ3n) is 2.11. The fraction of sp³-hybridized carbons (Fsp3) is 0.333. The van der Waals surface area contributed by atoms with Crippen LogP contribution in [0.1, 0.15) is 16.7 Å². The maximum Gasteiger partial charge on any atom is 0.132 e. The van der Waals surface area contributed by atoms with Crippen molar-refractivity contribution in [2.24, 2.45) is 0 Å². The van der Waals surface area contributed by atoms with Crippen LogP contribution in [0.3, 0.4) is 0 Å². The number of phenolic OH excluding ortho intramolecular Hbond substituents is 1. The van der Waals surface area contributed by atoms with E-state index in [9.17, 15) is 5.11 Å². The molecule has 66 valence electrons. The Balaban J connectivity index is 3.60. The van der Waals surface area contributed by atoms with E-state index in [-0.39, 0.29) is 0 Å². The maximum absolute atomic E-state index is 9.68. The van der Waals surface area contributed by atoms with E-state index >= 15 is 0 Å². The highest BCUT2D eigenvalue weighted by Gasteiger charge is 2.12. The normalized spacial score (nSPS) is 10.4. The molecule has 0 aliphatic rings. The molecule has 1 N–H and O–H groups in total. The number of hydrogen-bond acceptors (Lipinski definition) is 1. The van der Waals surface area contributed by atoms with E-state index in [1.165, 1.54) is 14.7 Å². The van der Waals surface area contributed by atoms with E-state index in [1.807, 2.05) is 20.8 Å². The van der Waals surface area contributed by atoms with Gasteiger partial charge in [-0.1, -0.05) is 0 Å². The SMILES string of the molecule is Cc1c(C)c(I)c(C)c(I)c1O. The minimum Gasteiger partial charge on any atom is -0.507 e. The summed E-state index contributed by atoms with van der Waals surface area (Å²) < 4.78 is 2.23. The molecule has 0 heterocycles. The summed E-state index contributed by atoms with van der Waals surface area (Å²) in [6.45, 7) is 6.03. The summed E-state index contributed by atoms with van der Waals surface area (Å²) >= 11 is 4.50. The molecular weight excluding hydrogens is 378 g/mol. The lowest BCUT2D eigenvalue weighted by molar-refractivity contribution is 0.466. The van der Waals surface area contributed by atoms with Crippen molar-refractivity contribution < 1.29 is 5.11 Å². The van der Waals surface area contributed by atoms with E-state index in [0.29, 0.717) is 5.75 Å². The lowest BCUT2D eigenvalue weighted by Crippen LogP contribution is -1.95. The summed E-state index contributed by atoms with van der Waals surface area (Å²) in [4.78, 5) is 0. The molecule has 0 unspecified atom stereocenters. The van der Waals surface area contributed by atoms with Gasteiger partial charge in [-0.2, -0.15) is 0 Å².